The number of hydrogen-bond acceptors (Lipinski definition) is 3. The second-order valence-corrected chi connectivity index (χ2v) is 8.84. The van der Waals surface area contributed by atoms with Crippen LogP contribution < -0.4 is 5.69 Å². The third-order valence-corrected chi connectivity index (χ3v) is 5.79. The van der Waals surface area contributed by atoms with Crippen molar-refractivity contribution in [2.24, 2.45) is 5.92 Å². The molecule has 2 aromatic heterocycles. The Morgan fingerprint density at radius 3 is 2.42 bits per heavy atom. The van der Waals surface area contributed by atoms with Gasteiger partial charge in [-0.2, -0.15) is 5.26 Å². The average Bonchev–Trinajstić information content (AvgIpc) is 3.21. The number of nitriles is 1. The Hall–Kier alpha value is -3.33. The molecule has 0 radical (unpaired) electrons. The van der Waals surface area contributed by atoms with Gasteiger partial charge in [-0.3, -0.25) is 9.13 Å². The number of benzene rings is 2. The third-order valence-electron chi connectivity index (χ3n) is 5.79. The summed E-state index contributed by atoms with van der Waals surface area (Å²) in [6.07, 6.45) is 1.40. The molecule has 6 heteroatoms. The molecule has 0 amide bonds. The number of imidazole rings is 2. The van der Waals surface area contributed by atoms with Crippen molar-refractivity contribution in [3.63, 3.8) is 0 Å². The van der Waals surface area contributed by atoms with Gasteiger partial charge < -0.3 is 4.57 Å². The van der Waals surface area contributed by atoms with E-state index in [-0.39, 0.29) is 11.7 Å². The van der Waals surface area contributed by atoms with Gasteiger partial charge in [-0.05, 0) is 56.0 Å². The van der Waals surface area contributed by atoms with Crippen LogP contribution >= 0.6 is 0 Å². The molecule has 0 unspecified atom stereocenters. The Morgan fingerprint density at radius 2 is 1.74 bits per heavy atom. The summed E-state index contributed by atoms with van der Waals surface area (Å²) in [6.45, 7) is 9.76. The molecule has 0 aliphatic rings. The highest BCUT2D eigenvalue weighted by atomic mass is 16.1. The predicted octanol–water partition coefficient (Wildman–Crippen LogP) is 4.89. The van der Waals surface area contributed by atoms with E-state index in [1.165, 1.54) is 0 Å². The summed E-state index contributed by atoms with van der Waals surface area (Å²) in [5.74, 6) is 1.44. The topological polar surface area (TPSA) is 68.5 Å². The Balaban J connectivity index is 1.86. The Bertz CT molecular complexity index is 1330. The van der Waals surface area contributed by atoms with Crippen molar-refractivity contribution < 1.29 is 0 Å². The molecule has 4 aromatic rings. The molecule has 6 nitrogen and oxygen atoms in total. The lowest BCUT2D eigenvalue weighted by molar-refractivity contribution is 0.504. The van der Waals surface area contributed by atoms with Crippen LogP contribution in [0, 0.1) is 17.2 Å². The smallest absolute Gasteiger partial charge is 0.326 e. The average molecular weight is 416 g/mol. The molecule has 0 aliphatic heterocycles. The van der Waals surface area contributed by atoms with E-state index in [0.717, 1.165) is 46.4 Å². The van der Waals surface area contributed by atoms with Crippen LogP contribution in [0.15, 0.2) is 47.3 Å². The van der Waals surface area contributed by atoms with Crippen molar-refractivity contribution in [1.82, 2.24) is 18.7 Å². The van der Waals surface area contributed by atoms with E-state index in [0.29, 0.717) is 18.9 Å². The Kier molecular flexibility index (Phi) is 5.69. The number of rotatable bonds is 7. The van der Waals surface area contributed by atoms with Crippen LogP contribution in [0.25, 0.3) is 22.1 Å². The lowest BCUT2D eigenvalue weighted by Gasteiger charge is -2.12. The molecule has 2 heterocycles. The molecule has 0 fully saturated rings. The predicted molar refractivity (Wildman–Crippen MR) is 124 cm³/mol. The molecule has 0 atom stereocenters. The highest BCUT2D eigenvalue weighted by Gasteiger charge is 2.18. The number of nitrogens with zero attached hydrogens (tertiary/aromatic N) is 5. The zero-order valence-electron chi connectivity index (χ0n) is 18.7. The fraction of sp³-hybridized carbons (Fsp3) is 0.400. The van der Waals surface area contributed by atoms with Gasteiger partial charge in [0.1, 0.15) is 5.82 Å². The minimum Gasteiger partial charge on any atom is -0.326 e. The van der Waals surface area contributed by atoms with Crippen LogP contribution in [0.2, 0.25) is 0 Å². The fourth-order valence-electron chi connectivity index (χ4n) is 4.21. The molecule has 0 saturated carbocycles. The maximum absolute atomic E-state index is 13.3. The normalized spacial score (nSPS) is 11.8. The molecule has 0 saturated heterocycles. The number of hydrogen-bond donors (Lipinski definition) is 0. The zero-order chi connectivity index (χ0) is 22.1. The molecular formula is C25H29N5O. The van der Waals surface area contributed by atoms with Crippen molar-refractivity contribution in [3.05, 3.63) is 64.3 Å². The van der Waals surface area contributed by atoms with Crippen LogP contribution in [0.1, 0.15) is 51.5 Å². The fourth-order valence-corrected chi connectivity index (χ4v) is 4.21. The Morgan fingerprint density at radius 1 is 1.00 bits per heavy atom. The molecule has 0 N–H and O–H groups in total. The minimum absolute atomic E-state index is 0.0103. The first-order chi connectivity index (χ1) is 14.9. The first kappa shape index (κ1) is 20.9. The van der Waals surface area contributed by atoms with Gasteiger partial charge in [0.2, 0.25) is 0 Å². The molecule has 31 heavy (non-hydrogen) atoms. The second kappa shape index (κ2) is 8.43. The van der Waals surface area contributed by atoms with E-state index >= 15 is 0 Å². The van der Waals surface area contributed by atoms with Crippen LogP contribution in [-0.4, -0.2) is 18.7 Å². The standard InChI is InChI=1S/C25H29N5O/c1-17(2)12-14-28-21-10-9-19(11-13-26)15-20(21)27-24(28)16-29-22-7-5-6-8-23(22)30(18(3)4)25(29)31/h5-10,15,17-18H,11-12,14,16H2,1-4H3. The van der Waals surface area contributed by atoms with Crippen molar-refractivity contribution in [2.45, 2.75) is 59.7 Å². The summed E-state index contributed by atoms with van der Waals surface area (Å²) >= 11 is 0. The van der Waals surface area contributed by atoms with Gasteiger partial charge in [0.15, 0.2) is 0 Å². The number of fused-ring (bicyclic) bond motifs is 2. The van der Waals surface area contributed by atoms with Crippen LogP contribution in [0.4, 0.5) is 0 Å². The van der Waals surface area contributed by atoms with Gasteiger partial charge in [0, 0.05) is 12.6 Å². The van der Waals surface area contributed by atoms with E-state index in [1.54, 1.807) is 0 Å². The van der Waals surface area contributed by atoms with Gasteiger partial charge in [-0.1, -0.05) is 32.0 Å². The Labute approximate surface area is 182 Å². The second-order valence-electron chi connectivity index (χ2n) is 8.84. The molecule has 160 valence electrons. The van der Waals surface area contributed by atoms with E-state index in [4.69, 9.17) is 10.2 Å². The van der Waals surface area contributed by atoms with Crippen LogP contribution in [-0.2, 0) is 19.5 Å². The lowest BCUT2D eigenvalue weighted by Crippen LogP contribution is -2.27. The summed E-state index contributed by atoms with van der Waals surface area (Å²) in [5, 5.41) is 9.05. The number of aryl methyl sites for hydroxylation is 1. The van der Waals surface area contributed by atoms with Crippen molar-refractivity contribution in [3.8, 4) is 6.07 Å². The van der Waals surface area contributed by atoms with E-state index in [2.05, 4.69) is 30.6 Å². The highest BCUT2D eigenvalue weighted by Crippen LogP contribution is 2.23. The molecule has 0 spiro atoms. The van der Waals surface area contributed by atoms with Crippen LogP contribution in [0.3, 0.4) is 0 Å². The molecular weight excluding hydrogens is 386 g/mol. The summed E-state index contributed by atoms with van der Waals surface area (Å²) < 4.78 is 5.92. The van der Waals surface area contributed by atoms with Crippen molar-refractivity contribution in [2.75, 3.05) is 0 Å². The maximum Gasteiger partial charge on any atom is 0.329 e. The van der Waals surface area contributed by atoms with E-state index in [9.17, 15) is 4.79 Å². The molecule has 2 aromatic carbocycles. The first-order valence-corrected chi connectivity index (χ1v) is 11.0. The highest BCUT2D eigenvalue weighted by molar-refractivity contribution is 5.78. The van der Waals surface area contributed by atoms with E-state index in [1.807, 2.05) is 59.4 Å². The summed E-state index contributed by atoms with van der Waals surface area (Å²) in [7, 11) is 0. The van der Waals surface area contributed by atoms with Gasteiger partial charge >= 0.3 is 5.69 Å². The van der Waals surface area contributed by atoms with Gasteiger partial charge in [0.05, 0.1) is 41.1 Å². The first-order valence-electron chi connectivity index (χ1n) is 11.0. The van der Waals surface area contributed by atoms with Gasteiger partial charge in [0.25, 0.3) is 0 Å². The van der Waals surface area contributed by atoms with Gasteiger partial charge in [-0.25, -0.2) is 9.78 Å². The lowest BCUT2D eigenvalue weighted by atomic mass is 10.1. The minimum atomic E-state index is -0.0103. The largest absolute Gasteiger partial charge is 0.329 e. The van der Waals surface area contributed by atoms with Crippen molar-refractivity contribution in [1.29, 1.82) is 5.26 Å². The van der Waals surface area contributed by atoms with Crippen LogP contribution in [0.5, 0.6) is 0 Å². The van der Waals surface area contributed by atoms with E-state index < -0.39 is 0 Å². The third kappa shape index (κ3) is 3.88. The van der Waals surface area contributed by atoms with Crippen molar-refractivity contribution >= 4 is 22.1 Å². The molecule has 0 aliphatic carbocycles. The molecule has 0 bridgehead atoms. The molecule has 4 rings (SSSR count). The summed E-state index contributed by atoms with van der Waals surface area (Å²) in [4.78, 5) is 18.2. The number of aromatic nitrogens is 4. The monoisotopic (exact) mass is 415 g/mol. The SMILES string of the molecule is CC(C)CCn1c(Cn2c(=O)n(C(C)C)c3ccccc32)nc2cc(CC#N)ccc21. The van der Waals surface area contributed by atoms with Gasteiger partial charge in [-0.15, -0.1) is 0 Å². The summed E-state index contributed by atoms with van der Waals surface area (Å²) in [6, 6.07) is 16.3. The summed E-state index contributed by atoms with van der Waals surface area (Å²) in [5.41, 5.74) is 4.76. The number of para-hydroxylation sites is 2. The maximum atomic E-state index is 13.3. The quantitative estimate of drug-likeness (QED) is 0.431. The zero-order valence-corrected chi connectivity index (χ0v) is 18.7.